The number of amides is 2. The molecule has 0 aromatic carbocycles. The van der Waals surface area contributed by atoms with Crippen molar-refractivity contribution >= 4 is 17.8 Å². The monoisotopic (exact) mass is 486 g/mol. The summed E-state index contributed by atoms with van der Waals surface area (Å²) in [6, 6.07) is 3.72. The summed E-state index contributed by atoms with van der Waals surface area (Å²) in [6.45, 7) is 2.05. The van der Waals surface area contributed by atoms with Crippen molar-refractivity contribution in [3.8, 4) is 11.4 Å². The summed E-state index contributed by atoms with van der Waals surface area (Å²) in [5.74, 6) is 1.58. The molecule has 0 bridgehead atoms. The molecule has 0 radical (unpaired) electrons. The van der Waals surface area contributed by atoms with E-state index in [0.717, 1.165) is 31.0 Å². The third kappa shape index (κ3) is 6.68. The lowest BCUT2D eigenvalue weighted by Gasteiger charge is -2.33. The molecule has 1 saturated carbocycles. The second kappa shape index (κ2) is 12.0. The number of nitrogens with one attached hydrogen (secondary N) is 1. The van der Waals surface area contributed by atoms with E-state index >= 15 is 0 Å². The van der Waals surface area contributed by atoms with Gasteiger partial charge in [0.1, 0.15) is 5.82 Å². The standard InChI is InChI=1S/C24H34N6O5/c31-21(27-34)15-18(8-4-7-17-5-2-1-3-6-17)23-26-22(28-35-23)19-9-10-20(25-16-19)29-11-13-30(14-12-29)24(32)33/h9-10,16-18,34H,1-8,11-15H2,(H,27,31)(H,32,33)/t18-/m1/s1. The van der Waals surface area contributed by atoms with Crippen molar-refractivity contribution in [1.29, 1.82) is 0 Å². The van der Waals surface area contributed by atoms with Gasteiger partial charge >= 0.3 is 6.09 Å². The van der Waals surface area contributed by atoms with Crippen LogP contribution in [0.15, 0.2) is 22.9 Å². The average Bonchev–Trinajstić information content (AvgIpc) is 3.39. The van der Waals surface area contributed by atoms with Crippen LogP contribution in [0.3, 0.4) is 0 Å². The molecule has 190 valence electrons. The maximum atomic E-state index is 11.9. The third-order valence-corrected chi connectivity index (χ3v) is 7.12. The van der Waals surface area contributed by atoms with E-state index in [1.165, 1.54) is 37.0 Å². The van der Waals surface area contributed by atoms with E-state index in [1.54, 1.807) is 11.7 Å². The first kappa shape index (κ1) is 24.9. The van der Waals surface area contributed by atoms with Gasteiger partial charge in [0.25, 0.3) is 0 Å². The second-order valence-corrected chi connectivity index (χ2v) is 9.49. The first-order chi connectivity index (χ1) is 17.0. The van der Waals surface area contributed by atoms with Crippen LogP contribution in [0, 0.1) is 5.92 Å². The molecule has 2 aromatic heterocycles. The molecule has 3 N–H and O–H groups in total. The van der Waals surface area contributed by atoms with Crippen LogP contribution < -0.4 is 10.4 Å². The Balaban J connectivity index is 1.37. The van der Waals surface area contributed by atoms with Crippen molar-refractivity contribution in [3.63, 3.8) is 0 Å². The number of hydrogen-bond acceptors (Lipinski definition) is 8. The van der Waals surface area contributed by atoms with Gasteiger partial charge in [-0.3, -0.25) is 10.0 Å². The molecule has 1 atom stereocenters. The van der Waals surface area contributed by atoms with Crippen LogP contribution in [0.25, 0.3) is 11.4 Å². The molecule has 2 aromatic rings. The highest BCUT2D eigenvalue weighted by Gasteiger charge is 2.24. The Morgan fingerprint density at radius 2 is 1.91 bits per heavy atom. The van der Waals surface area contributed by atoms with Crippen molar-refractivity contribution in [3.05, 3.63) is 24.2 Å². The fourth-order valence-electron chi connectivity index (χ4n) is 5.06. The summed E-state index contributed by atoms with van der Waals surface area (Å²) in [7, 11) is 0. The number of carboxylic acid groups (broad SMARTS) is 1. The molecule has 0 spiro atoms. The summed E-state index contributed by atoms with van der Waals surface area (Å²) in [5.41, 5.74) is 2.41. The van der Waals surface area contributed by atoms with Crippen LogP contribution in [-0.4, -0.2) is 68.5 Å². The first-order valence-electron chi connectivity index (χ1n) is 12.5. The molecular formula is C24H34N6O5. The van der Waals surface area contributed by atoms with Crippen LogP contribution in [0.5, 0.6) is 0 Å². The lowest BCUT2D eigenvalue weighted by atomic mass is 9.84. The molecule has 1 saturated heterocycles. The number of piperazine rings is 1. The summed E-state index contributed by atoms with van der Waals surface area (Å²) in [6.07, 6.45) is 10.2. The molecule has 1 aliphatic heterocycles. The molecule has 11 heteroatoms. The van der Waals surface area contributed by atoms with Gasteiger partial charge in [0.15, 0.2) is 0 Å². The van der Waals surface area contributed by atoms with Crippen molar-refractivity contribution < 1.29 is 24.4 Å². The molecule has 11 nitrogen and oxygen atoms in total. The van der Waals surface area contributed by atoms with E-state index in [9.17, 15) is 9.59 Å². The summed E-state index contributed by atoms with van der Waals surface area (Å²) >= 11 is 0. The number of pyridine rings is 1. The van der Waals surface area contributed by atoms with Gasteiger partial charge in [-0.05, 0) is 24.5 Å². The Kier molecular flexibility index (Phi) is 8.51. The number of hydrogen-bond donors (Lipinski definition) is 3. The van der Waals surface area contributed by atoms with Gasteiger partial charge in [-0.25, -0.2) is 15.3 Å². The first-order valence-corrected chi connectivity index (χ1v) is 12.5. The van der Waals surface area contributed by atoms with E-state index in [0.29, 0.717) is 43.5 Å². The minimum absolute atomic E-state index is 0.0856. The minimum atomic E-state index is -0.898. The van der Waals surface area contributed by atoms with E-state index in [1.807, 2.05) is 17.0 Å². The number of nitrogens with zero attached hydrogens (tertiary/aromatic N) is 5. The van der Waals surface area contributed by atoms with Gasteiger partial charge in [0.05, 0.1) is 0 Å². The Bertz CT molecular complexity index is 967. The number of anilines is 1. The fourth-order valence-corrected chi connectivity index (χ4v) is 5.06. The Labute approximate surface area is 204 Å². The third-order valence-electron chi connectivity index (χ3n) is 7.12. The zero-order valence-electron chi connectivity index (χ0n) is 19.9. The van der Waals surface area contributed by atoms with Gasteiger partial charge < -0.3 is 19.4 Å². The van der Waals surface area contributed by atoms with Gasteiger partial charge in [-0.2, -0.15) is 4.98 Å². The number of rotatable bonds is 9. The van der Waals surface area contributed by atoms with E-state index < -0.39 is 12.0 Å². The summed E-state index contributed by atoms with van der Waals surface area (Å²) in [5, 5.41) is 22.2. The molecule has 3 heterocycles. The van der Waals surface area contributed by atoms with E-state index in [2.05, 4.69) is 15.1 Å². The minimum Gasteiger partial charge on any atom is -0.465 e. The number of carbonyl (C=O) groups is 2. The highest BCUT2D eigenvalue weighted by molar-refractivity contribution is 5.75. The summed E-state index contributed by atoms with van der Waals surface area (Å²) < 4.78 is 5.53. The highest BCUT2D eigenvalue weighted by Crippen LogP contribution is 2.31. The SMILES string of the molecule is O=C(C[C@@H](CCCC1CCCCC1)c1nc(-c2ccc(N3CCN(C(=O)O)CC3)nc2)no1)NO. The zero-order valence-corrected chi connectivity index (χ0v) is 19.9. The number of hydroxylamine groups is 1. The fraction of sp³-hybridized carbons (Fsp3) is 0.625. The predicted molar refractivity (Wildman–Crippen MR) is 127 cm³/mol. The Morgan fingerprint density at radius 3 is 2.57 bits per heavy atom. The molecule has 0 unspecified atom stereocenters. The quantitative estimate of drug-likeness (QED) is 0.357. The lowest BCUT2D eigenvalue weighted by Crippen LogP contribution is -2.48. The Hall–Kier alpha value is -3.21. The molecule has 35 heavy (non-hydrogen) atoms. The van der Waals surface area contributed by atoms with Gasteiger partial charge in [-0.15, -0.1) is 0 Å². The van der Waals surface area contributed by atoms with E-state index in [4.69, 9.17) is 14.8 Å². The average molecular weight is 487 g/mol. The molecule has 4 rings (SSSR count). The molecule has 2 amide bonds. The highest BCUT2D eigenvalue weighted by atomic mass is 16.5. The van der Waals surface area contributed by atoms with Crippen molar-refractivity contribution in [2.45, 2.75) is 63.7 Å². The smallest absolute Gasteiger partial charge is 0.407 e. The van der Waals surface area contributed by atoms with Crippen molar-refractivity contribution in [1.82, 2.24) is 25.5 Å². The number of aromatic nitrogens is 3. The lowest BCUT2D eigenvalue weighted by molar-refractivity contribution is -0.129. The topological polar surface area (TPSA) is 145 Å². The van der Waals surface area contributed by atoms with E-state index in [-0.39, 0.29) is 12.3 Å². The molecule has 2 fully saturated rings. The zero-order chi connectivity index (χ0) is 24.6. The van der Waals surface area contributed by atoms with Crippen LogP contribution in [-0.2, 0) is 4.79 Å². The molecule has 1 aliphatic carbocycles. The largest absolute Gasteiger partial charge is 0.465 e. The van der Waals surface area contributed by atoms with Crippen molar-refractivity contribution in [2.24, 2.45) is 5.92 Å². The van der Waals surface area contributed by atoms with Gasteiger partial charge in [0, 0.05) is 50.3 Å². The second-order valence-electron chi connectivity index (χ2n) is 9.49. The maximum absolute atomic E-state index is 11.9. The van der Waals surface area contributed by atoms with Crippen LogP contribution in [0.4, 0.5) is 10.6 Å². The molecular weight excluding hydrogens is 452 g/mol. The van der Waals surface area contributed by atoms with Crippen LogP contribution in [0.1, 0.15) is 69.6 Å². The summed E-state index contributed by atoms with van der Waals surface area (Å²) in [4.78, 5) is 35.5. The molecule has 2 aliphatic rings. The predicted octanol–water partition coefficient (Wildman–Crippen LogP) is 3.66. The van der Waals surface area contributed by atoms with Crippen LogP contribution >= 0.6 is 0 Å². The maximum Gasteiger partial charge on any atom is 0.407 e. The van der Waals surface area contributed by atoms with Crippen LogP contribution in [0.2, 0.25) is 0 Å². The van der Waals surface area contributed by atoms with Crippen molar-refractivity contribution in [2.75, 3.05) is 31.1 Å². The van der Waals surface area contributed by atoms with Gasteiger partial charge in [-0.1, -0.05) is 50.1 Å². The number of carbonyl (C=O) groups excluding carboxylic acids is 1. The van der Waals surface area contributed by atoms with Gasteiger partial charge in [0.2, 0.25) is 17.6 Å². The normalized spacial score (nSPS) is 17.9. The Morgan fingerprint density at radius 1 is 1.14 bits per heavy atom.